The van der Waals surface area contributed by atoms with Crippen molar-refractivity contribution in [3.63, 3.8) is 0 Å². The number of benzene rings is 2. The van der Waals surface area contributed by atoms with Crippen molar-refractivity contribution < 1.29 is 17.6 Å². The van der Waals surface area contributed by atoms with E-state index < -0.39 is 28.3 Å². The van der Waals surface area contributed by atoms with Gasteiger partial charge in [-0.05, 0) is 55.0 Å². The van der Waals surface area contributed by atoms with Crippen molar-refractivity contribution in [3.05, 3.63) is 65.0 Å². The lowest BCUT2D eigenvalue weighted by atomic mass is 10.0. The lowest BCUT2D eigenvalue weighted by Crippen LogP contribution is -2.41. The van der Waals surface area contributed by atoms with Gasteiger partial charge in [0.2, 0.25) is 15.9 Å². The van der Waals surface area contributed by atoms with E-state index in [0.29, 0.717) is 0 Å². The second-order valence-corrected chi connectivity index (χ2v) is 8.80. The molecular weight excluding hydrogens is 367 g/mol. The van der Waals surface area contributed by atoms with Gasteiger partial charge in [0, 0.05) is 0 Å². The Kier molecular flexibility index (Phi) is 5.51. The second-order valence-electron chi connectivity index (χ2n) is 6.89. The average molecular weight is 390 g/mol. The summed E-state index contributed by atoms with van der Waals surface area (Å²) in [6.07, 6.45) is 4.23. The minimum atomic E-state index is -3.81. The minimum Gasteiger partial charge on any atom is -0.348 e. The molecule has 2 aromatic carbocycles. The molecule has 0 saturated heterocycles. The maximum Gasteiger partial charge on any atom is 0.241 e. The Hall–Kier alpha value is -2.41. The van der Waals surface area contributed by atoms with Gasteiger partial charge in [0.05, 0.1) is 18.0 Å². The van der Waals surface area contributed by atoms with Crippen molar-refractivity contribution >= 4 is 21.6 Å². The van der Waals surface area contributed by atoms with Crippen molar-refractivity contribution in [2.45, 2.75) is 32.2 Å². The van der Waals surface area contributed by atoms with Crippen LogP contribution in [-0.4, -0.2) is 27.1 Å². The van der Waals surface area contributed by atoms with Crippen LogP contribution in [0.2, 0.25) is 0 Å². The van der Waals surface area contributed by atoms with Gasteiger partial charge in [-0.2, -0.15) is 0 Å². The molecule has 0 heterocycles. The van der Waals surface area contributed by atoms with Gasteiger partial charge in [-0.1, -0.05) is 30.3 Å². The smallest absolute Gasteiger partial charge is 0.241 e. The molecule has 2 aromatic rings. The largest absolute Gasteiger partial charge is 0.348 e. The normalized spacial score (nSPS) is 14.5. The lowest BCUT2D eigenvalue weighted by Gasteiger charge is -2.23. The molecule has 144 valence electrons. The summed E-state index contributed by atoms with van der Waals surface area (Å²) in [7, 11) is -3.81. The van der Waals surface area contributed by atoms with Crippen LogP contribution < -0.4 is 9.62 Å². The highest BCUT2D eigenvalue weighted by atomic mass is 32.2. The summed E-state index contributed by atoms with van der Waals surface area (Å²) in [6.45, 7) is 1.37. The molecule has 0 bridgehead atoms. The summed E-state index contributed by atoms with van der Waals surface area (Å²) in [4.78, 5) is 12.5. The molecule has 1 aliphatic carbocycles. The Morgan fingerprint density at radius 2 is 1.89 bits per heavy atom. The second kappa shape index (κ2) is 7.68. The number of nitrogens with one attached hydrogen (secondary N) is 1. The first-order valence-electron chi connectivity index (χ1n) is 8.89. The Morgan fingerprint density at radius 3 is 2.59 bits per heavy atom. The van der Waals surface area contributed by atoms with E-state index in [1.807, 2.05) is 13.0 Å². The molecule has 1 N–H and O–H groups in total. The summed E-state index contributed by atoms with van der Waals surface area (Å²) in [5.41, 5.74) is 3.49. The van der Waals surface area contributed by atoms with Gasteiger partial charge in [0.25, 0.3) is 0 Å². The fourth-order valence-corrected chi connectivity index (χ4v) is 4.25. The monoisotopic (exact) mass is 390 g/mol. The van der Waals surface area contributed by atoms with Gasteiger partial charge in [0.15, 0.2) is 0 Å². The predicted octanol–water partition coefficient (Wildman–Crippen LogP) is 2.96. The zero-order valence-corrected chi connectivity index (χ0v) is 16.2. The maximum atomic E-state index is 14.0. The Bertz CT molecular complexity index is 959. The maximum absolute atomic E-state index is 14.0. The topological polar surface area (TPSA) is 66.5 Å². The van der Waals surface area contributed by atoms with Crippen molar-refractivity contribution in [2.75, 3.05) is 17.1 Å². The van der Waals surface area contributed by atoms with Crippen molar-refractivity contribution in [1.82, 2.24) is 5.32 Å². The van der Waals surface area contributed by atoms with E-state index in [0.717, 1.165) is 35.4 Å². The predicted molar refractivity (Wildman–Crippen MR) is 104 cm³/mol. The number of hydrogen-bond acceptors (Lipinski definition) is 3. The van der Waals surface area contributed by atoms with Crippen LogP contribution in [0.5, 0.6) is 0 Å². The van der Waals surface area contributed by atoms with Crippen LogP contribution in [0.15, 0.2) is 42.5 Å². The third-order valence-corrected chi connectivity index (χ3v) is 5.94. The first kappa shape index (κ1) is 19.4. The van der Waals surface area contributed by atoms with Gasteiger partial charge in [-0.15, -0.1) is 0 Å². The van der Waals surface area contributed by atoms with E-state index in [4.69, 9.17) is 0 Å². The van der Waals surface area contributed by atoms with Crippen LogP contribution in [-0.2, 0) is 27.7 Å². The summed E-state index contributed by atoms with van der Waals surface area (Å²) < 4.78 is 39.0. The van der Waals surface area contributed by atoms with E-state index in [-0.39, 0.29) is 11.7 Å². The van der Waals surface area contributed by atoms with Gasteiger partial charge < -0.3 is 5.32 Å². The van der Waals surface area contributed by atoms with Gasteiger partial charge in [-0.3, -0.25) is 9.10 Å². The number of carbonyl (C=O) groups is 1. The van der Waals surface area contributed by atoms with E-state index in [2.05, 4.69) is 17.4 Å². The van der Waals surface area contributed by atoms with Crippen molar-refractivity contribution in [1.29, 1.82) is 0 Å². The van der Waals surface area contributed by atoms with E-state index in [1.165, 1.54) is 35.4 Å². The number of sulfonamides is 1. The third-order valence-electron chi connectivity index (χ3n) is 4.81. The number of para-hydroxylation sites is 1. The number of fused-ring (bicyclic) bond motifs is 1. The van der Waals surface area contributed by atoms with Crippen LogP contribution in [0.4, 0.5) is 10.1 Å². The Balaban J connectivity index is 1.74. The highest BCUT2D eigenvalue weighted by Crippen LogP contribution is 2.26. The van der Waals surface area contributed by atoms with Crippen LogP contribution in [0.25, 0.3) is 0 Å². The van der Waals surface area contributed by atoms with Crippen LogP contribution in [0.3, 0.4) is 0 Å². The number of anilines is 1. The molecule has 27 heavy (non-hydrogen) atoms. The highest BCUT2D eigenvalue weighted by molar-refractivity contribution is 7.92. The molecule has 7 heteroatoms. The van der Waals surface area contributed by atoms with Crippen molar-refractivity contribution in [3.8, 4) is 0 Å². The first-order chi connectivity index (χ1) is 12.8. The average Bonchev–Trinajstić information content (AvgIpc) is 3.07. The first-order valence-corrected chi connectivity index (χ1v) is 10.7. The number of amides is 1. The molecule has 0 saturated carbocycles. The number of halogens is 1. The summed E-state index contributed by atoms with van der Waals surface area (Å²) in [6, 6.07) is 11.4. The molecular formula is C20H23FN2O3S. The van der Waals surface area contributed by atoms with Crippen LogP contribution in [0, 0.1) is 5.82 Å². The number of aryl methyl sites for hydroxylation is 2. The lowest BCUT2D eigenvalue weighted by molar-refractivity contribution is -0.120. The number of hydrogen-bond donors (Lipinski definition) is 1. The van der Waals surface area contributed by atoms with E-state index >= 15 is 0 Å². The molecule has 1 aliphatic rings. The third kappa shape index (κ3) is 4.47. The SMILES string of the molecule is CC(NC(=O)CN(c1ccccc1F)S(C)(=O)=O)c1ccc2c(c1)CCC2. The van der Waals surface area contributed by atoms with Crippen LogP contribution in [0.1, 0.15) is 36.1 Å². The zero-order valence-electron chi connectivity index (χ0n) is 15.4. The molecule has 0 spiro atoms. The molecule has 3 rings (SSSR count). The zero-order chi connectivity index (χ0) is 19.6. The van der Waals surface area contributed by atoms with E-state index in [9.17, 15) is 17.6 Å². The molecule has 0 aliphatic heterocycles. The Labute approximate surface area is 159 Å². The van der Waals surface area contributed by atoms with Gasteiger partial charge >= 0.3 is 0 Å². The highest BCUT2D eigenvalue weighted by Gasteiger charge is 2.24. The summed E-state index contributed by atoms with van der Waals surface area (Å²) in [5.74, 6) is -1.18. The summed E-state index contributed by atoms with van der Waals surface area (Å²) in [5, 5.41) is 2.81. The molecule has 1 atom stereocenters. The van der Waals surface area contributed by atoms with Gasteiger partial charge in [-0.25, -0.2) is 12.8 Å². The van der Waals surface area contributed by atoms with E-state index in [1.54, 1.807) is 0 Å². The fraction of sp³-hybridized carbons (Fsp3) is 0.350. The molecule has 0 aromatic heterocycles. The van der Waals surface area contributed by atoms with Crippen molar-refractivity contribution in [2.24, 2.45) is 0 Å². The molecule has 5 nitrogen and oxygen atoms in total. The molecule has 0 fully saturated rings. The number of carbonyl (C=O) groups excluding carboxylic acids is 1. The number of rotatable bonds is 6. The van der Waals surface area contributed by atoms with Gasteiger partial charge in [0.1, 0.15) is 12.4 Å². The minimum absolute atomic E-state index is 0.139. The molecule has 1 amide bonds. The molecule has 1 unspecified atom stereocenters. The standard InChI is InChI=1S/C20H23FN2O3S/c1-14(16-11-10-15-6-5-7-17(15)12-16)22-20(24)13-23(27(2,25)26)19-9-4-3-8-18(19)21/h3-4,8-12,14H,5-7,13H2,1-2H3,(H,22,24). The fourth-order valence-electron chi connectivity index (χ4n) is 3.40. The Morgan fingerprint density at radius 1 is 1.19 bits per heavy atom. The summed E-state index contributed by atoms with van der Waals surface area (Å²) >= 11 is 0. The van der Waals surface area contributed by atoms with Crippen LogP contribution >= 0.6 is 0 Å². The quantitative estimate of drug-likeness (QED) is 0.825. The number of nitrogens with zero attached hydrogens (tertiary/aromatic N) is 1. The molecule has 0 radical (unpaired) electrons.